The van der Waals surface area contributed by atoms with Crippen LogP contribution in [-0.2, 0) is 0 Å². The third kappa shape index (κ3) is 3.81. The van der Waals surface area contributed by atoms with Crippen molar-refractivity contribution in [1.29, 1.82) is 0 Å². The molecule has 1 fully saturated rings. The van der Waals surface area contributed by atoms with Crippen LogP contribution in [0.15, 0.2) is 12.2 Å². The van der Waals surface area contributed by atoms with Crippen molar-refractivity contribution in [1.82, 2.24) is 4.90 Å². The molecule has 82 valence electrons. The number of hydrogen-bond acceptors (Lipinski definition) is 2. The van der Waals surface area contributed by atoms with Crippen LogP contribution >= 0.6 is 0 Å². The van der Waals surface area contributed by atoms with Gasteiger partial charge in [0.2, 0.25) is 0 Å². The summed E-state index contributed by atoms with van der Waals surface area (Å²) in [6, 6.07) is 0.427. The van der Waals surface area contributed by atoms with Gasteiger partial charge in [-0.25, -0.2) is 0 Å². The fourth-order valence-electron chi connectivity index (χ4n) is 2.39. The third-order valence-corrected chi connectivity index (χ3v) is 3.05. The molecule has 0 heterocycles. The maximum atomic E-state index is 6.11. The van der Waals surface area contributed by atoms with E-state index in [4.69, 9.17) is 5.73 Å². The highest BCUT2D eigenvalue weighted by Gasteiger charge is 2.22. The Morgan fingerprint density at radius 1 is 1.43 bits per heavy atom. The second-order valence-electron chi connectivity index (χ2n) is 4.86. The SMILES string of the molecule is C=C(C)CN(C)CC1CCCCC1N. The summed E-state index contributed by atoms with van der Waals surface area (Å²) in [6.45, 7) is 8.15. The zero-order valence-electron chi connectivity index (χ0n) is 9.63. The quantitative estimate of drug-likeness (QED) is 0.697. The Balaban J connectivity index is 2.30. The minimum atomic E-state index is 0.427. The van der Waals surface area contributed by atoms with E-state index in [2.05, 4.69) is 25.5 Å². The van der Waals surface area contributed by atoms with Crippen LogP contribution in [0.3, 0.4) is 0 Å². The Kier molecular flexibility index (Phi) is 4.63. The van der Waals surface area contributed by atoms with E-state index in [9.17, 15) is 0 Å². The van der Waals surface area contributed by atoms with Crippen molar-refractivity contribution in [3.8, 4) is 0 Å². The summed E-state index contributed by atoms with van der Waals surface area (Å²) in [5, 5.41) is 0. The normalized spacial score (nSPS) is 28.0. The molecule has 0 aromatic carbocycles. The van der Waals surface area contributed by atoms with E-state index in [1.165, 1.54) is 31.3 Å². The van der Waals surface area contributed by atoms with Gasteiger partial charge >= 0.3 is 0 Å². The first-order valence-electron chi connectivity index (χ1n) is 5.68. The Morgan fingerprint density at radius 3 is 2.64 bits per heavy atom. The number of rotatable bonds is 4. The van der Waals surface area contributed by atoms with E-state index < -0.39 is 0 Å². The maximum absolute atomic E-state index is 6.11. The van der Waals surface area contributed by atoms with Crippen molar-refractivity contribution in [3.63, 3.8) is 0 Å². The molecule has 1 rings (SSSR count). The third-order valence-electron chi connectivity index (χ3n) is 3.05. The molecule has 0 amide bonds. The van der Waals surface area contributed by atoms with Crippen molar-refractivity contribution in [2.75, 3.05) is 20.1 Å². The number of hydrogen-bond donors (Lipinski definition) is 1. The summed E-state index contributed by atoms with van der Waals surface area (Å²) in [4.78, 5) is 2.35. The molecule has 2 N–H and O–H groups in total. The topological polar surface area (TPSA) is 29.3 Å². The van der Waals surface area contributed by atoms with Crippen molar-refractivity contribution in [2.45, 2.75) is 38.6 Å². The first-order chi connectivity index (χ1) is 6.59. The van der Waals surface area contributed by atoms with Crippen LogP contribution in [0.5, 0.6) is 0 Å². The maximum Gasteiger partial charge on any atom is 0.0184 e. The summed E-state index contributed by atoms with van der Waals surface area (Å²) < 4.78 is 0. The van der Waals surface area contributed by atoms with Crippen molar-refractivity contribution in [2.24, 2.45) is 11.7 Å². The van der Waals surface area contributed by atoms with Gasteiger partial charge in [-0.15, -0.1) is 0 Å². The van der Waals surface area contributed by atoms with Crippen molar-refractivity contribution in [3.05, 3.63) is 12.2 Å². The summed E-state index contributed by atoms with van der Waals surface area (Å²) in [5.74, 6) is 0.702. The first kappa shape index (κ1) is 11.7. The molecule has 0 saturated heterocycles. The Bertz CT molecular complexity index is 189. The summed E-state index contributed by atoms with van der Waals surface area (Å²) >= 11 is 0. The van der Waals surface area contributed by atoms with Gasteiger partial charge in [0.1, 0.15) is 0 Å². The average molecular weight is 196 g/mol. The van der Waals surface area contributed by atoms with Crippen LogP contribution in [0, 0.1) is 5.92 Å². The largest absolute Gasteiger partial charge is 0.327 e. The predicted octanol–water partition coefficient (Wildman–Crippen LogP) is 2.01. The molecular formula is C12H24N2. The fourth-order valence-corrected chi connectivity index (χ4v) is 2.39. The van der Waals surface area contributed by atoms with Gasteiger partial charge in [-0.3, -0.25) is 0 Å². The van der Waals surface area contributed by atoms with E-state index in [-0.39, 0.29) is 0 Å². The standard InChI is InChI=1S/C12H24N2/c1-10(2)8-14(3)9-11-6-4-5-7-12(11)13/h11-12H,1,4-9,13H2,2-3H3. The minimum Gasteiger partial charge on any atom is -0.327 e. The number of likely N-dealkylation sites (N-methyl/N-ethyl adjacent to an activating group) is 1. The molecule has 2 atom stereocenters. The van der Waals surface area contributed by atoms with Crippen LogP contribution in [-0.4, -0.2) is 31.1 Å². The molecule has 1 aliphatic rings. The van der Waals surface area contributed by atoms with E-state index in [0.29, 0.717) is 12.0 Å². The first-order valence-corrected chi connectivity index (χ1v) is 5.68. The second kappa shape index (κ2) is 5.52. The van der Waals surface area contributed by atoms with Crippen molar-refractivity contribution >= 4 is 0 Å². The lowest BCUT2D eigenvalue weighted by molar-refractivity contribution is 0.220. The minimum absolute atomic E-state index is 0.427. The molecule has 0 aromatic heterocycles. The van der Waals surface area contributed by atoms with Crippen LogP contribution in [0.25, 0.3) is 0 Å². The molecule has 0 bridgehead atoms. The summed E-state index contributed by atoms with van der Waals surface area (Å²) in [6.07, 6.45) is 5.20. The monoisotopic (exact) mass is 196 g/mol. The van der Waals surface area contributed by atoms with E-state index >= 15 is 0 Å². The summed E-state index contributed by atoms with van der Waals surface area (Å²) in [5.41, 5.74) is 7.34. The van der Waals surface area contributed by atoms with Crippen LogP contribution in [0.4, 0.5) is 0 Å². The molecule has 2 unspecified atom stereocenters. The summed E-state index contributed by atoms with van der Waals surface area (Å²) in [7, 11) is 2.16. The predicted molar refractivity (Wildman–Crippen MR) is 62.2 cm³/mol. The van der Waals surface area contributed by atoms with Gasteiger partial charge in [-0.1, -0.05) is 25.0 Å². The molecule has 1 aliphatic carbocycles. The highest BCUT2D eigenvalue weighted by molar-refractivity contribution is 4.92. The zero-order valence-corrected chi connectivity index (χ0v) is 9.63. The van der Waals surface area contributed by atoms with Crippen LogP contribution < -0.4 is 5.73 Å². The van der Waals surface area contributed by atoms with Crippen LogP contribution in [0.1, 0.15) is 32.6 Å². The van der Waals surface area contributed by atoms with Gasteiger partial charge in [-0.2, -0.15) is 0 Å². The van der Waals surface area contributed by atoms with Gasteiger partial charge in [0.05, 0.1) is 0 Å². The molecular weight excluding hydrogens is 172 g/mol. The highest BCUT2D eigenvalue weighted by atomic mass is 15.1. The van der Waals surface area contributed by atoms with Gasteiger partial charge in [-0.05, 0) is 32.7 Å². The van der Waals surface area contributed by atoms with Crippen molar-refractivity contribution < 1.29 is 0 Å². The molecule has 0 aromatic rings. The van der Waals surface area contributed by atoms with Gasteiger partial charge in [0, 0.05) is 19.1 Å². The molecule has 1 saturated carbocycles. The Morgan fingerprint density at radius 2 is 2.07 bits per heavy atom. The number of nitrogens with zero attached hydrogens (tertiary/aromatic N) is 1. The molecule has 14 heavy (non-hydrogen) atoms. The molecule has 2 nitrogen and oxygen atoms in total. The van der Waals surface area contributed by atoms with E-state index in [1.54, 1.807) is 0 Å². The average Bonchev–Trinajstić information content (AvgIpc) is 2.07. The van der Waals surface area contributed by atoms with E-state index in [1.807, 2.05) is 0 Å². The van der Waals surface area contributed by atoms with Gasteiger partial charge < -0.3 is 10.6 Å². The van der Waals surface area contributed by atoms with Crippen LogP contribution in [0.2, 0.25) is 0 Å². The van der Waals surface area contributed by atoms with Gasteiger partial charge in [0.25, 0.3) is 0 Å². The lowest BCUT2D eigenvalue weighted by atomic mass is 9.85. The van der Waals surface area contributed by atoms with E-state index in [0.717, 1.165) is 13.1 Å². The second-order valence-corrected chi connectivity index (χ2v) is 4.86. The Labute approximate surface area is 88.2 Å². The zero-order chi connectivity index (χ0) is 10.6. The lowest BCUT2D eigenvalue weighted by Crippen LogP contribution is -2.40. The number of nitrogens with two attached hydrogens (primary N) is 1. The van der Waals surface area contributed by atoms with Gasteiger partial charge in [0.15, 0.2) is 0 Å². The molecule has 2 heteroatoms. The molecule has 0 aliphatic heterocycles. The smallest absolute Gasteiger partial charge is 0.0184 e. The molecule has 0 radical (unpaired) electrons. The lowest BCUT2D eigenvalue weighted by Gasteiger charge is -2.32. The Hall–Kier alpha value is -0.340. The highest BCUT2D eigenvalue weighted by Crippen LogP contribution is 2.23. The fraction of sp³-hybridized carbons (Fsp3) is 0.833. The molecule has 0 spiro atoms.